The average molecular weight is 338 g/mol. The molecule has 0 N–H and O–H groups in total. The summed E-state index contributed by atoms with van der Waals surface area (Å²) in [5, 5.41) is 0. The third kappa shape index (κ3) is 3.57. The van der Waals surface area contributed by atoms with Gasteiger partial charge in [-0.2, -0.15) is 0 Å². The van der Waals surface area contributed by atoms with Crippen molar-refractivity contribution in [2.24, 2.45) is 0 Å². The SMILES string of the molecule is CCOCC(OCC)=C(OCC)c1cccc2c1Cc1ccccc1-2. The molecule has 0 heterocycles. The Morgan fingerprint density at radius 3 is 2.36 bits per heavy atom. The summed E-state index contributed by atoms with van der Waals surface area (Å²) >= 11 is 0. The molecule has 0 amide bonds. The monoisotopic (exact) mass is 338 g/mol. The molecule has 132 valence electrons. The molecule has 3 heteroatoms. The van der Waals surface area contributed by atoms with Crippen LogP contribution >= 0.6 is 0 Å². The average Bonchev–Trinajstić information content (AvgIpc) is 3.02. The fourth-order valence-corrected chi connectivity index (χ4v) is 3.36. The van der Waals surface area contributed by atoms with Crippen LogP contribution in [0.3, 0.4) is 0 Å². The van der Waals surface area contributed by atoms with Gasteiger partial charge in [0.2, 0.25) is 0 Å². The second kappa shape index (κ2) is 8.21. The van der Waals surface area contributed by atoms with Crippen molar-refractivity contribution >= 4 is 5.76 Å². The highest BCUT2D eigenvalue weighted by molar-refractivity contribution is 5.82. The lowest BCUT2D eigenvalue weighted by Gasteiger charge is -2.18. The van der Waals surface area contributed by atoms with Crippen LogP contribution in [0.1, 0.15) is 37.5 Å². The minimum Gasteiger partial charge on any atom is -0.492 e. The van der Waals surface area contributed by atoms with Gasteiger partial charge in [0.05, 0.1) is 13.2 Å². The highest BCUT2D eigenvalue weighted by Crippen LogP contribution is 2.40. The second-order valence-corrected chi connectivity index (χ2v) is 5.92. The molecule has 0 saturated carbocycles. The predicted molar refractivity (Wildman–Crippen MR) is 101 cm³/mol. The summed E-state index contributed by atoms with van der Waals surface area (Å²) in [5.74, 6) is 1.58. The molecule has 0 radical (unpaired) electrons. The zero-order chi connectivity index (χ0) is 17.6. The molecular weight excluding hydrogens is 312 g/mol. The van der Waals surface area contributed by atoms with Crippen molar-refractivity contribution in [2.75, 3.05) is 26.4 Å². The maximum atomic E-state index is 6.04. The van der Waals surface area contributed by atoms with Crippen LogP contribution in [-0.4, -0.2) is 26.4 Å². The van der Waals surface area contributed by atoms with E-state index in [0.29, 0.717) is 26.4 Å². The molecule has 1 aliphatic carbocycles. The van der Waals surface area contributed by atoms with E-state index in [-0.39, 0.29) is 0 Å². The van der Waals surface area contributed by atoms with Gasteiger partial charge in [-0.3, -0.25) is 0 Å². The Morgan fingerprint density at radius 2 is 1.60 bits per heavy atom. The van der Waals surface area contributed by atoms with E-state index in [1.54, 1.807) is 0 Å². The molecule has 25 heavy (non-hydrogen) atoms. The van der Waals surface area contributed by atoms with Crippen LogP contribution in [0.15, 0.2) is 48.2 Å². The lowest BCUT2D eigenvalue weighted by Crippen LogP contribution is -2.09. The van der Waals surface area contributed by atoms with E-state index in [1.807, 2.05) is 20.8 Å². The van der Waals surface area contributed by atoms with E-state index in [1.165, 1.54) is 22.3 Å². The van der Waals surface area contributed by atoms with Gasteiger partial charge in [-0.25, -0.2) is 0 Å². The normalized spacial score (nSPS) is 13.1. The molecule has 1 aliphatic rings. The lowest BCUT2D eigenvalue weighted by atomic mass is 9.99. The molecule has 3 rings (SSSR count). The largest absolute Gasteiger partial charge is 0.492 e. The third-order valence-corrected chi connectivity index (χ3v) is 4.39. The first-order valence-corrected chi connectivity index (χ1v) is 9.07. The molecular formula is C22H26O3. The van der Waals surface area contributed by atoms with E-state index in [9.17, 15) is 0 Å². The molecule has 0 atom stereocenters. The Kier molecular flexibility index (Phi) is 5.77. The van der Waals surface area contributed by atoms with Crippen LogP contribution in [0.4, 0.5) is 0 Å². The van der Waals surface area contributed by atoms with E-state index in [2.05, 4.69) is 42.5 Å². The van der Waals surface area contributed by atoms with Gasteiger partial charge in [0.1, 0.15) is 6.61 Å². The van der Waals surface area contributed by atoms with Crippen LogP contribution in [0.5, 0.6) is 0 Å². The van der Waals surface area contributed by atoms with E-state index in [4.69, 9.17) is 14.2 Å². The van der Waals surface area contributed by atoms with Crippen LogP contribution < -0.4 is 0 Å². The second-order valence-electron chi connectivity index (χ2n) is 5.92. The van der Waals surface area contributed by atoms with Crippen molar-refractivity contribution in [1.82, 2.24) is 0 Å². The van der Waals surface area contributed by atoms with E-state index < -0.39 is 0 Å². The van der Waals surface area contributed by atoms with Crippen molar-refractivity contribution in [3.8, 4) is 11.1 Å². The number of hydrogen-bond donors (Lipinski definition) is 0. The van der Waals surface area contributed by atoms with Crippen LogP contribution in [0, 0.1) is 0 Å². The zero-order valence-corrected chi connectivity index (χ0v) is 15.3. The van der Waals surface area contributed by atoms with Crippen molar-refractivity contribution < 1.29 is 14.2 Å². The highest BCUT2D eigenvalue weighted by atomic mass is 16.5. The Hall–Kier alpha value is -2.26. The summed E-state index contributed by atoms with van der Waals surface area (Å²) in [6.07, 6.45) is 0.923. The Labute approximate surface area is 150 Å². The Balaban J connectivity index is 2.09. The number of benzene rings is 2. The fourth-order valence-electron chi connectivity index (χ4n) is 3.36. The van der Waals surface area contributed by atoms with Gasteiger partial charge in [0, 0.05) is 12.2 Å². The summed E-state index contributed by atoms with van der Waals surface area (Å²) in [4.78, 5) is 0. The maximum absolute atomic E-state index is 6.04. The number of hydrogen-bond acceptors (Lipinski definition) is 3. The van der Waals surface area contributed by atoms with Gasteiger partial charge in [-0.05, 0) is 49.4 Å². The summed E-state index contributed by atoms with van der Waals surface area (Å²) in [7, 11) is 0. The summed E-state index contributed by atoms with van der Waals surface area (Å²) in [5.41, 5.74) is 6.39. The fraction of sp³-hybridized carbons (Fsp3) is 0.364. The first kappa shape index (κ1) is 17.6. The van der Waals surface area contributed by atoms with Gasteiger partial charge in [0.25, 0.3) is 0 Å². The minimum atomic E-state index is 0.427. The molecule has 0 fully saturated rings. The quantitative estimate of drug-likeness (QED) is 0.539. The Morgan fingerprint density at radius 1 is 0.840 bits per heavy atom. The van der Waals surface area contributed by atoms with Crippen LogP contribution in [0.25, 0.3) is 16.9 Å². The van der Waals surface area contributed by atoms with Crippen molar-refractivity contribution in [1.29, 1.82) is 0 Å². The molecule has 0 aliphatic heterocycles. The first-order valence-electron chi connectivity index (χ1n) is 9.07. The van der Waals surface area contributed by atoms with Gasteiger partial charge in [-0.1, -0.05) is 42.5 Å². The van der Waals surface area contributed by atoms with Gasteiger partial charge in [0.15, 0.2) is 11.5 Å². The molecule has 0 bridgehead atoms. The standard InChI is InChI=1S/C22H26O3/c1-4-23-15-21(24-5-2)22(25-6-3)19-13-9-12-18-17-11-8-7-10-16(17)14-20(18)19/h7-13H,4-6,14-15H2,1-3H3. The molecule has 0 unspecified atom stereocenters. The zero-order valence-electron chi connectivity index (χ0n) is 15.3. The molecule has 2 aromatic rings. The van der Waals surface area contributed by atoms with Crippen LogP contribution in [0.2, 0.25) is 0 Å². The Bertz CT molecular complexity index is 762. The molecule has 3 nitrogen and oxygen atoms in total. The minimum absolute atomic E-state index is 0.427. The highest BCUT2D eigenvalue weighted by Gasteiger charge is 2.24. The predicted octanol–water partition coefficient (Wildman–Crippen LogP) is 5.04. The van der Waals surface area contributed by atoms with Gasteiger partial charge >= 0.3 is 0 Å². The van der Waals surface area contributed by atoms with E-state index in [0.717, 1.165) is 23.5 Å². The third-order valence-electron chi connectivity index (χ3n) is 4.39. The van der Waals surface area contributed by atoms with Gasteiger partial charge in [-0.15, -0.1) is 0 Å². The summed E-state index contributed by atoms with van der Waals surface area (Å²) in [6, 6.07) is 15.0. The number of ether oxygens (including phenoxy) is 3. The smallest absolute Gasteiger partial charge is 0.166 e. The summed E-state index contributed by atoms with van der Waals surface area (Å²) in [6.45, 7) is 8.23. The number of fused-ring (bicyclic) bond motifs is 3. The molecule has 0 aromatic heterocycles. The number of rotatable bonds is 8. The van der Waals surface area contributed by atoms with E-state index >= 15 is 0 Å². The summed E-state index contributed by atoms with van der Waals surface area (Å²) < 4.78 is 17.5. The first-order chi connectivity index (χ1) is 12.3. The molecule has 0 saturated heterocycles. The van der Waals surface area contributed by atoms with Crippen molar-refractivity contribution in [3.05, 3.63) is 64.9 Å². The van der Waals surface area contributed by atoms with Gasteiger partial charge < -0.3 is 14.2 Å². The van der Waals surface area contributed by atoms with Crippen molar-refractivity contribution in [3.63, 3.8) is 0 Å². The molecule has 0 spiro atoms. The van der Waals surface area contributed by atoms with Crippen molar-refractivity contribution in [2.45, 2.75) is 27.2 Å². The topological polar surface area (TPSA) is 27.7 Å². The maximum Gasteiger partial charge on any atom is 0.166 e. The lowest BCUT2D eigenvalue weighted by molar-refractivity contribution is 0.104. The molecule has 2 aromatic carbocycles. The van der Waals surface area contributed by atoms with Crippen LogP contribution in [-0.2, 0) is 20.6 Å².